The second-order valence-electron chi connectivity index (χ2n) is 7.76. The van der Waals surface area contributed by atoms with E-state index in [0.29, 0.717) is 29.7 Å². The number of phenolic OH excluding ortho intramolecular Hbond substituents is 1. The van der Waals surface area contributed by atoms with Crippen LogP contribution in [0.15, 0.2) is 51.7 Å². The summed E-state index contributed by atoms with van der Waals surface area (Å²) in [7, 11) is 0. The molecule has 3 heterocycles. The minimum Gasteiger partial charge on any atom is -0.508 e. The molecule has 0 radical (unpaired) electrons. The Morgan fingerprint density at radius 3 is 2.66 bits per heavy atom. The predicted octanol–water partition coefficient (Wildman–Crippen LogP) is 3.53. The second-order valence-corrected chi connectivity index (χ2v) is 7.76. The molecule has 0 saturated carbocycles. The third-order valence-electron chi connectivity index (χ3n) is 5.75. The SMILES string of the molecule is Cc1ccc2oc3c(c(=O)c2c1)[C@H](c1ccc(O)cc1)N(C[C@@H]1CCCO1)C3=O. The first-order valence-corrected chi connectivity index (χ1v) is 9.82. The number of phenols is 1. The molecule has 3 aromatic rings. The van der Waals surface area contributed by atoms with Gasteiger partial charge in [0.1, 0.15) is 11.3 Å². The van der Waals surface area contributed by atoms with Crippen molar-refractivity contribution in [1.29, 1.82) is 0 Å². The van der Waals surface area contributed by atoms with Gasteiger partial charge in [-0.25, -0.2) is 0 Å². The van der Waals surface area contributed by atoms with Crippen LogP contribution in [0, 0.1) is 6.92 Å². The van der Waals surface area contributed by atoms with Crippen LogP contribution in [0.1, 0.15) is 46.1 Å². The molecule has 1 aromatic heterocycles. The van der Waals surface area contributed by atoms with Crippen LogP contribution in [0.4, 0.5) is 0 Å². The summed E-state index contributed by atoms with van der Waals surface area (Å²) in [5.41, 5.74) is 2.29. The molecule has 0 spiro atoms. The zero-order valence-corrected chi connectivity index (χ0v) is 16.1. The Balaban J connectivity index is 1.71. The number of aromatic hydroxyl groups is 1. The van der Waals surface area contributed by atoms with E-state index >= 15 is 0 Å². The number of fused-ring (bicyclic) bond motifs is 2. The summed E-state index contributed by atoms with van der Waals surface area (Å²) >= 11 is 0. The van der Waals surface area contributed by atoms with Crippen molar-refractivity contribution in [3.8, 4) is 5.75 Å². The first-order chi connectivity index (χ1) is 14.0. The van der Waals surface area contributed by atoms with Gasteiger partial charge in [0, 0.05) is 13.2 Å². The molecule has 1 saturated heterocycles. The van der Waals surface area contributed by atoms with Gasteiger partial charge in [-0.05, 0) is 49.6 Å². The molecular weight excluding hydrogens is 370 g/mol. The summed E-state index contributed by atoms with van der Waals surface area (Å²) in [6, 6.07) is 11.4. The van der Waals surface area contributed by atoms with Crippen LogP contribution in [0.2, 0.25) is 0 Å². The number of amides is 1. The Hall–Kier alpha value is -3.12. The number of benzene rings is 2. The first-order valence-electron chi connectivity index (χ1n) is 9.82. The molecule has 6 nitrogen and oxygen atoms in total. The quantitative estimate of drug-likeness (QED) is 0.739. The summed E-state index contributed by atoms with van der Waals surface area (Å²) in [5, 5.41) is 10.2. The summed E-state index contributed by atoms with van der Waals surface area (Å²) in [5.74, 6) is -0.0688. The summed E-state index contributed by atoms with van der Waals surface area (Å²) in [6.45, 7) is 2.99. The largest absolute Gasteiger partial charge is 0.508 e. The van der Waals surface area contributed by atoms with E-state index < -0.39 is 6.04 Å². The smallest absolute Gasteiger partial charge is 0.291 e. The van der Waals surface area contributed by atoms with E-state index in [4.69, 9.17) is 9.15 Å². The standard InChI is InChI=1S/C23H21NO5/c1-13-4-9-18-17(11-13)21(26)19-20(14-5-7-15(25)8-6-14)24(23(27)22(19)29-18)12-16-3-2-10-28-16/h4-9,11,16,20,25H,2-3,10,12H2,1H3/t16-,20-/m0/s1. The molecule has 1 fully saturated rings. The summed E-state index contributed by atoms with van der Waals surface area (Å²) in [6.07, 6.45) is 1.79. The van der Waals surface area contributed by atoms with Crippen LogP contribution in [0.25, 0.3) is 11.0 Å². The molecule has 6 heteroatoms. The van der Waals surface area contributed by atoms with Gasteiger partial charge in [0.25, 0.3) is 5.91 Å². The highest BCUT2D eigenvalue weighted by Crippen LogP contribution is 2.39. The highest BCUT2D eigenvalue weighted by atomic mass is 16.5. The number of aryl methyl sites for hydroxylation is 1. The lowest BCUT2D eigenvalue weighted by Gasteiger charge is -2.27. The third-order valence-corrected chi connectivity index (χ3v) is 5.75. The molecule has 2 aliphatic heterocycles. The van der Waals surface area contributed by atoms with Crippen LogP contribution < -0.4 is 5.43 Å². The molecule has 5 rings (SSSR count). The van der Waals surface area contributed by atoms with Gasteiger partial charge < -0.3 is 19.2 Å². The maximum atomic E-state index is 13.4. The summed E-state index contributed by atoms with van der Waals surface area (Å²) in [4.78, 5) is 28.4. The minimum absolute atomic E-state index is 0.0559. The Morgan fingerprint density at radius 2 is 1.93 bits per heavy atom. The third kappa shape index (κ3) is 2.91. The van der Waals surface area contributed by atoms with Gasteiger partial charge in [0.05, 0.1) is 23.1 Å². The van der Waals surface area contributed by atoms with E-state index in [1.807, 2.05) is 13.0 Å². The van der Waals surface area contributed by atoms with Crippen LogP contribution in [-0.2, 0) is 4.74 Å². The van der Waals surface area contributed by atoms with Crippen molar-refractivity contribution in [3.63, 3.8) is 0 Å². The number of carbonyl (C=O) groups is 1. The number of rotatable bonds is 3. The number of carbonyl (C=O) groups excluding carboxylic acids is 1. The van der Waals surface area contributed by atoms with Crippen molar-refractivity contribution < 1.29 is 19.1 Å². The second kappa shape index (κ2) is 6.74. The molecule has 29 heavy (non-hydrogen) atoms. The molecule has 1 amide bonds. The maximum absolute atomic E-state index is 13.4. The molecule has 2 aromatic carbocycles. The highest BCUT2D eigenvalue weighted by molar-refractivity contribution is 5.99. The number of hydrogen-bond donors (Lipinski definition) is 1. The van der Waals surface area contributed by atoms with Crippen molar-refractivity contribution >= 4 is 16.9 Å². The zero-order chi connectivity index (χ0) is 20.1. The zero-order valence-electron chi connectivity index (χ0n) is 16.1. The topological polar surface area (TPSA) is 80.0 Å². The molecule has 0 bridgehead atoms. The minimum atomic E-state index is -0.566. The van der Waals surface area contributed by atoms with Crippen molar-refractivity contribution in [2.75, 3.05) is 13.2 Å². The van der Waals surface area contributed by atoms with Gasteiger partial charge in [-0.15, -0.1) is 0 Å². The van der Waals surface area contributed by atoms with E-state index in [-0.39, 0.29) is 28.9 Å². The normalized spacial score (nSPS) is 21.1. The van der Waals surface area contributed by atoms with Crippen molar-refractivity contribution in [1.82, 2.24) is 4.90 Å². The van der Waals surface area contributed by atoms with Crippen LogP contribution >= 0.6 is 0 Å². The number of nitrogens with zero attached hydrogens (tertiary/aromatic N) is 1. The number of ether oxygens (including phenoxy) is 1. The van der Waals surface area contributed by atoms with E-state index in [2.05, 4.69) is 0 Å². The summed E-state index contributed by atoms with van der Waals surface area (Å²) < 4.78 is 11.7. The Kier molecular flexibility index (Phi) is 4.17. The molecule has 0 unspecified atom stereocenters. The van der Waals surface area contributed by atoms with E-state index in [1.165, 1.54) is 0 Å². The van der Waals surface area contributed by atoms with Crippen molar-refractivity contribution in [3.05, 3.63) is 75.1 Å². The Labute approximate surface area is 167 Å². The van der Waals surface area contributed by atoms with Gasteiger partial charge in [-0.2, -0.15) is 0 Å². The van der Waals surface area contributed by atoms with E-state index in [0.717, 1.165) is 24.0 Å². The maximum Gasteiger partial charge on any atom is 0.291 e. The number of hydrogen-bond acceptors (Lipinski definition) is 5. The monoisotopic (exact) mass is 391 g/mol. The average Bonchev–Trinajstić information content (AvgIpc) is 3.32. The van der Waals surface area contributed by atoms with Crippen LogP contribution in [0.5, 0.6) is 5.75 Å². The van der Waals surface area contributed by atoms with Crippen LogP contribution in [0.3, 0.4) is 0 Å². The van der Waals surface area contributed by atoms with Gasteiger partial charge >= 0.3 is 0 Å². The average molecular weight is 391 g/mol. The lowest BCUT2D eigenvalue weighted by atomic mass is 9.98. The predicted molar refractivity (Wildman–Crippen MR) is 107 cm³/mol. The lowest BCUT2D eigenvalue weighted by molar-refractivity contribution is 0.0486. The lowest BCUT2D eigenvalue weighted by Crippen LogP contribution is -2.36. The van der Waals surface area contributed by atoms with Gasteiger partial charge in [0.15, 0.2) is 5.43 Å². The molecule has 1 N–H and O–H groups in total. The fourth-order valence-electron chi connectivity index (χ4n) is 4.33. The first kappa shape index (κ1) is 17.9. The fraction of sp³-hybridized carbons (Fsp3) is 0.304. The fourth-order valence-corrected chi connectivity index (χ4v) is 4.33. The molecule has 148 valence electrons. The molecular formula is C23H21NO5. The van der Waals surface area contributed by atoms with Crippen LogP contribution in [-0.4, -0.2) is 35.2 Å². The molecule has 2 atom stereocenters. The van der Waals surface area contributed by atoms with Crippen molar-refractivity contribution in [2.45, 2.75) is 31.9 Å². The molecule has 0 aliphatic carbocycles. The van der Waals surface area contributed by atoms with Crippen molar-refractivity contribution in [2.24, 2.45) is 0 Å². The Morgan fingerprint density at radius 1 is 1.14 bits per heavy atom. The highest BCUT2D eigenvalue weighted by Gasteiger charge is 2.43. The Bertz CT molecular complexity index is 1160. The van der Waals surface area contributed by atoms with Gasteiger partial charge in [0.2, 0.25) is 5.76 Å². The van der Waals surface area contributed by atoms with E-state index in [1.54, 1.807) is 41.3 Å². The van der Waals surface area contributed by atoms with Gasteiger partial charge in [-0.1, -0.05) is 23.8 Å². The molecule has 2 aliphatic rings. The van der Waals surface area contributed by atoms with Gasteiger partial charge in [-0.3, -0.25) is 9.59 Å². The van der Waals surface area contributed by atoms with E-state index in [9.17, 15) is 14.7 Å².